The molecule has 1 saturated heterocycles. The first kappa shape index (κ1) is 16.8. The van der Waals surface area contributed by atoms with Gasteiger partial charge in [0.2, 0.25) is 0 Å². The molecule has 1 aliphatic rings. The van der Waals surface area contributed by atoms with Crippen LogP contribution in [-0.4, -0.2) is 40.4 Å². The molecule has 5 nitrogen and oxygen atoms in total. The van der Waals surface area contributed by atoms with Gasteiger partial charge in [-0.2, -0.15) is 5.10 Å². The van der Waals surface area contributed by atoms with E-state index < -0.39 is 0 Å². The summed E-state index contributed by atoms with van der Waals surface area (Å²) in [6, 6.07) is 5.60. The van der Waals surface area contributed by atoms with Gasteiger partial charge in [-0.1, -0.05) is 19.9 Å². The van der Waals surface area contributed by atoms with E-state index in [0.717, 1.165) is 19.6 Å². The quantitative estimate of drug-likeness (QED) is 0.879. The minimum Gasteiger partial charge on any atom is -0.504 e. The van der Waals surface area contributed by atoms with Crippen molar-refractivity contribution >= 4 is 0 Å². The van der Waals surface area contributed by atoms with Crippen molar-refractivity contribution in [2.45, 2.75) is 45.1 Å². The van der Waals surface area contributed by atoms with Gasteiger partial charge in [-0.05, 0) is 48.6 Å². The maximum atomic E-state index is 9.74. The zero-order valence-electron chi connectivity index (χ0n) is 14.7. The SMILES string of the molecule is COc1cc(CN2CCCC(c3[nH]ncc3C(C)C)C2)ccc1O. The first-order chi connectivity index (χ1) is 11.6. The summed E-state index contributed by atoms with van der Waals surface area (Å²) in [6.45, 7) is 7.45. The van der Waals surface area contributed by atoms with E-state index >= 15 is 0 Å². The molecule has 1 aromatic carbocycles. The van der Waals surface area contributed by atoms with Gasteiger partial charge in [0.15, 0.2) is 11.5 Å². The third kappa shape index (κ3) is 3.56. The number of aromatic nitrogens is 2. The average Bonchev–Trinajstić information content (AvgIpc) is 3.07. The van der Waals surface area contributed by atoms with Crippen molar-refractivity contribution in [1.29, 1.82) is 0 Å². The van der Waals surface area contributed by atoms with Crippen LogP contribution in [0.2, 0.25) is 0 Å². The molecule has 0 radical (unpaired) electrons. The van der Waals surface area contributed by atoms with Gasteiger partial charge >= 0.3 is 0 Å². The molecule has 1 atom stereocenters. The second-order valence-electron chi connectivity index (χ2n) is 6.97. The Morgan fingerprint density at radius 3 is 3.00 bits per heavy atom. The van der Waals surface area contributed by atoms with Crippen LogP contribution < -0.4 is 4.74 Å². The number of nitrogens with zero attached hydrogens (tertiary/aromatic N) is 2. The molecule has 0 aliphatic carbocycles. The maximum absolute atomic E-state index is 9.74. The van der Waals surface area contributed by atoms with Crippen molar-refractivity contribution in [3.8, 4) is 11.5 Å². The zero-order chi connectivity index (χ0) is 17.1. The minimum atomic E-state index is 0.191. The highest BCUT2D eigenvalue weighted by Crippen LogP contribution is 2.32. The fourth-order valence-electron chi connectivity index (χ4n) is 3.61. The third-order valence-corrected chi connectivity index (χ3v) is 4.89. The summed E-state index contributed by atoms with van der Waals surface area (Å²) in [5.74, 6) is 1.74. The summed E-state index contributed by atoms with van der Waals surface area (Å²) < 4.78 is 5.22. The molecule has 1 aromatic heterocycles. The lowest BCUT2D eigenvalue weighted by Gasteiger charge is -2.33. The van der Waals surface area contributed by atoms with Crippen LogP contribution in [0.15, 0.2) is 24.4 Å². The molecule has 1 aliphatic heterocycles. The number of methoxy groups -OCH3 is 1. The Bertz CT molecular complexity index is 681. The number of nitrogens with one attached hydrogen (secondary N) is 1. The molecule has 130 valence electrons. The van der Waals surface area contributed by atoms with E-state index in [9.17, 15) is 5.11 Å². The lowest BCUT2D eigenvalue weighted by Crippen LogP contribution is -2.34. The molecule has 3 rings (SSSR count). The van der Waals surface area contributed by atoms with Gasteiger partial charge in [0.05, 0.1) is 13.3 Å². The molecule has 2 aromatic rings. The molecular weight excluding hydrogens is 302 g/mol. The summed E-state index contributed by atoms with van der Waals surface area (Å²) in [5, 5.41) is 17.3. The van der Waals surface area contributed by atoms with Crippen molar-refractivity contribution in [2.75, 3.05) is 20.2 Å². The van der Waals surface area contributed by atoms with Gasteiger partial charge in [0.25, 0.3) is 0 Å². The van der Waals surface area contributed by atoms with Crippen molar-refractivity contribution in [1.82, 2.24) is 15.1 Å². The van der Waals surface area contributed by atoms with Crippen LogP contribution in [0.4, 0.5) is 0 Å². The largest absolute Gasteiger partial charge is 0.504 e. The van der Waals surface area contributed by atoms with Gasteiger partial charge in [-0.25, -0.2) is 0 Å². The van der Waals surface area contributed by atoms with Gasteiger partial charge in [-0.3, -0.25) is 10.00 Å². The fraction of sp³-hybridized carbons (Fsp3) is 0.526. The number of benzene rings is 1. The van der Waals surface area contributed by atoms with Crippen LogP contribution in [0.3, 0.4) is 0 Å². The van der Waals surface area contributed by atoms with E-state index in [1.54, 1.807) is 13.2 Å². The lowest BCUT2D eigenvalue weighted by atomic mass is 9.89. The average molecular weight is 329 g/mol. The summed E-state index contributed by atoms with van der Waals surface area (Å²) >= 11 is 0. The highest BCUT2D eigenvalue weighted by atomic mass is 16.5. The van der Waals surface area contributed by atoms with E-state index in [0.29, 0.717) is 17.6 Å². The lowest BCUT2D eigenvalue weighted by molar-refractivity contribution is 0.197. The monoisotopic (exact) mass is 329 g/mol. The molecule has 0 amide bonds. The summed E-state index contributed by atoms with van der Waals surface area (Å²) in [5.41, 5.74) is 3.81. The number of H-pyrrole nitrogens is 1. The Kier molecular flexibility index (Phi) is 5.09. The number of phenolic OH excluding ortho intramolecular Hbond substituents is 1. The zero-order valence-corrected chi connectivity index (χ0v) is 14.7. The van der Waals surface area contributed by atoms with E-state index in [1.807, 2.05) is 18.3 Å². The van der Waals surface area contributed by atoms with Crippen molar-refractivity contribution < 1.29 is 9.84 Å². The number of likely N-dealkylation sites (tertiary alicyclic amines) is 1. The van der Waals surface area contributed by atoms with Crippen LogP contribution in [0.5, 0.6) is 11.5 Å². The Balaban J connectivity index is 1.71. The molecule has 0 saturated carbocycles. The molecule has 2 heterocycles. The topological polar surface area (TPSA) is 61.4 Å². The standard InChI is InChI=1S/C19H27N3O2/c1-13(2)16-10-20-21-19(16)15-5-4-8-22(12-15)11-14-6-7-17(23)18(9-14)24-3/h6-7,9-10,13,15,23H,4-5,8,11-12H2,1-3H3,(H,20,21). The maximum Gasteiger partial charge on any atom is 0.160 e. The molecular formula is C19H27N3O2. The van der Waals surface area contributed by atoms with Crippen LogP contribution in [0.25, 0.3) is 0 Å². The van der Waals surface area contributed by atoms with E-state index in [2.05, 4.69) is 28.9 Å². The van der Waals surface area contributed by atoms with Gasteiger partial charge < -0.3 is 9.84 Å². The highest BCUT2D eigenvalue weighted by molar-refractivity contribution is 5.41. The van der Waals surface area contributed by atoms with Crippen molar-refractivity contribution in [3.05, 3.63) is 41.2 Å². The molecule has 0 spiro atoms. The first-order valence-electron chi connectivity index (χ1n) is 8.70. The Morgan fingerprint density at radius 1 is 1.42 bits per heavy atom. The molecule has 0 bridgehead atoms. The number of aromatic hydroxyl groups is 1. The predicted octanol–water partition coefficient (Wildman–Crippen LogP) is 3.63. The number of hydrogen-bond acceptors (Lipinski definition) is 4. The molecule has 5 heteroatoms. The summed E-state index contributed by atoms with van der Waals surface area (Å²) in [7, 11) is 1.58. The van der Waals surface area contributed by atoms with Crippen molar-refractivity contribution in [2.24, 2.45) is 0 Å². The number of piperidine rings is 1. The summed E-state index contributed by atoms with van der Waals surface area (Å²) in [4.78, 5) is 2.48. The first-order valence-corrected chi connectivity index (χ1v) is 8.70. The second kappa shape index (κ2) is 7.26. The predicted molar refractivity (Wildman–Crippen MR) is 94.6 cm³/mol. The second-order valence-corrected chi connectivity index (χ2v) is 6.97. The molecule has 1 unspecified atom stereocenters. The highest BCUT2D eigenvalue weighted by Gasteiger charge is 2.25. The van der Waals surface area contributed by atoms with E-state index in [1.165, 1.54) is 29.7 Å². The Hall–Kier alpha value is -2.01. The summed E-state index contributed by atoms with van der Waals surface area (Å²) in [6.07, 6.45) is 4.37. The Labute approximate surface area is 143 Å². The van der Waals surface area contributed by atoms with Crippen LogP contribution in [-0.2, 0) is 6.54 Å². The Morgan fingerprint density at radius 2 is 2.25 bits per heavy atom. The number of hydrogen-bond donors (Lipinski definition) is 2. The number of aromatic amines is 1. The van der Waals surface area contributed by atoms with Gasteiger partial charge in [-0.15, -0.1) is 0 Å². The number of phenols is 1. The molecule has 2 N–H and O–H groups in total. The van der Waals surface area contributed by atoms with Crippen LogP contribution in [0, 0.1) is 0 Å². The fourth-order valence-corrected chi connectivity index (χ4v) is 3.61. The molecule has 24 heavy (non-hydrogen) atoms. The normalized spacial score (nSPS) is 18.9. The number of ether oxygens (including phenoxy) is 1. The third-order valence-electron chi connectivity index (χ3n) is 4.89. The van der Waals surface area contributed by atoms with Crippen LogP contribution in [0.1, 0.15) is 55.3 Å². The van der Waals surface area contributed by atoms with Gasteiger partial charge in [0.1, 0.15) is 0 Å². The smallest absolute Gasteiger partial charge is 0.160 e. The van der Waals surface area contributed by atoms with E-state index in [4.69, 9.17) is 4.74 Å². The van der Waals surface area contributed by atoms with Crippen molar-refractivity contribution in [3.63, 3.8) is 0 Å². The minimum absolute atomic E-state index is 0.191. The van der Waals surface area contributed by atoms with Crippen LogP contribution >= 0.6 is 0 Å². The molecule has 1 fully saturated rings. The number of rotatable bonds is 5. The van der Waals surface area contributed by atoms with E-state index in [-0.39, 0.29) is 5.75 Å². The van der Waals surface area contributed by atoms with Gasteiger partial charge in [0, 0.05) is 24.7 Å².